The predicted molar refractivity (Wildman–Crippen MR) is 80.7 cm³/mol. The lowest BCUT2D eigenvalue weighted by molar-refractivity contribution is 0.253. The topological polar surface area (TPSA) is 50.9 Å². The average molecular weight is 312 g/mol. The van der Waals surface area contributed by atoms with Crippen molar-refractivity contribution in [1.29, 1.82) is 0 Å². The highest BCUT2D eigenvalue weighted by Gasteiger charge is 2.27. The summed E-state index contributed by atoms with van der Waals surface area (Å²) < 4.78 is 0.993. The van der Waals surface area contributed by atoms with E-state index in [1.165, 1.54) is 19.3 Å². The van der Waals surface area contributed by atoms with Crippen molar-refractivity contribution < 1.29 is 0 Å². The fourth-order valence-corrected chi connectivity index (χ4v) is 3.10. The maximum absolute atomic E-state index is 5.85. The van der Waals surface area contributed by atoms with E-state index in [9.17, 15) is 0 Å². The Kier molecular flexibility index (Phi) is 4.15. The van der Waals surface area contributed by atoms with Gasteiger partial charge in [-0.05, 0) is 46.7 Å². The van der Waals surface area contributed by atoms with E-state index in [1.54, 1.807) is 6.20 Å². The Bertz CT molecular complexity index is 433. The molecule has 1 saturated carbocycles. The van der Waals surface area contributed by atoms with Crippen LogP contribution in [-0.2, 0) is 0 Å². The second-order valence-corrected chi connectivity index (χ2v) is 6.31. The molecule has 18 heavy (non-hydrogen) atoms. The Labute approximate surface area is 118 Å². The summed E-state index contributed by atoms with van der Waals surface area (Å²) in [5.41, 5.74) is 7.64. The van der Waals surface area contributed by atoms with Crippen LogP contribution in [0, 0.1) is 18.8 Å². The number of hydrogen-bond donors (Lipinski definition) is 2. The van der Waals surface area contributed by atoms with Crippen LogP contribution < -0.4 is 11.1 Å². The minimum absolute atomic E-state index is 0.514. The third-order valence-electron chi connectivity index (χ3n) is 4.33. The minimum atomic E-state index is 0.514. The standard InChI is InChI=1S/C14H22BrN3/c1-8-5-4-6-12(9(8)2)18-14-13(15)10(3)11(16)7-17-14/h7-9,12H,4-6,16H2,1-3H3,(H,17,18). The zero-order valence-electron chi connectivity index (χ0n) is 11.3. The Morgan fingerprint density at radius 2 is 2.11 bits per heavy atom. The Morgan fingerprint density at radius 3 is 2.83 bits per heavy atom. The Balaban J connectivity index is 2.16. The van der Waals surface area contributed by atoms with Gasteiger partial charge >= 0.3 is 0 Å². The van der Waals surface area contributed by atoms with Crippen LogP contribution in [0.1, 0.15) is 38.7 Å². The molecule has 1 aliphatic carbocycles. The fraction of sp³-hybridized carbons (Fsp3) is 0.643. The van der Waals surface area contributed by atoms with Crippen molar-refractivity contribution in [3.63, 3.8) is 0 Å². The molecule has 1 aromatic rings. The van der Waals surface area contributed by atoms with E-state index in [1.807, 2.05) is 6.92 Å². The number of nitrogen functional groups attached to an aromatic ring is 1. The van der Waals surface area contributed by atoms with E-state index < -0.39 is 0 Å². The number of anilines is 2. The number of nitrogens with two attached hydrogens (primary N) is 1. The zero-order valence-corrected chi connectivity index (χ0v) is 12.9. The van der Waals surface area contributed by atoms with Gasteiger partial charge in [-0.15, -0.1) is 0 Å². The third kappa shape index (κ3) is 2.63. The van der Waals surface area contributed by atoms with Crippen molar-refractivity contribution in [3.05, 3.63) is 16.2 Å². The summed E-state index contributed by atoms with van der Waals surface area (Å²) in [5.74, 6) is 2.39. The summed E-state index contributed by atoms with van der Waals surface area (Å²) in [5, 5.41) is 3.58. The van der Waals surface area contributed by atoms with Crippen LogP contribution in [0.25, 0.3) is 0 Å². The molecule has 0 spiro atoms. The molecule has 0 radical (unpaired) electrons. The van der Waals surface area contributed by atoms with E-state index in [0.29, 0.717) is 12.0 Å². The van der Waals surface area contributed by atoms with Crippen LogP contribution >= 0.6 is 15.9 Å². The summed E-state index contributed by atoms with van der Waals surface area (Å²) in [4.78, 5) is 4.41. The monoisotopic (exact) mass is 311 g/mol. The largest absolute Gasteiger partial charge is 0.397 e. The van der Waals surface area contributed by atoms with Crippen molar-refractivity contribution in [1.82, 2.24) is 4.98 Å². The Morgan fingerprint density at radius 1 is 1.39 bits per heavy atom. The van der Waals surface area contributed by atoms with E-state index >= 15 is 0 Å². The molecule has 3 atom stereocenters. The second kappa shape index (κ2) is 5.47. The number of hydrogen-bond acceptors (Lipinski definition) is 3. The molecule has 1 fully saturated rings. The van der Waals surface area contributed by atoms with Crippen LogP contribution in [0.15, 0.2) is 10.7 Å². The van der Waals surface area contributed by atoms with Crippen LogP contribution in [-0.4, -0.2) is 11.0 Å². The summed E-state index contributed by atoms with van der Waals surface area (Å²) in [6, 6.07) is 0.514. The molecule has 0 bridgehead atoms. The van der Waals surface area contributed by atoms with E-state index in [4.69, 9.17) is 5.73 Å². The molecule has 3 nitrogen and oxygen atoms in total. The molecule has 3 N–H and O–H groups in total. The summed E-state index contributed by atoms with van der Waals surface area (Å²) in [6.45, 7) is 6.69. The number of nitrogens with zero attached hydrogens (tertiary/aromatic N) is 1. The van der Waals surface area contributed by atoms with Gasteiger partial charge in [-0.1, -0.05) is 26.7 Å². The molecular weight excluding hydrogens is 290 g/mol. The maximum atomic E-state index is 5.85. The highest BCUT2D eigenvalue weighted by molar-refractivity contribution is 9.10. The van der Waals surface area contributed by atoms with Crippen molar-refractivity contribution in [3.8, 4) is 0 Å². The lowest BCUT2D eigenvalue weighted by atomic mass is 9.78. The summed E-state index contributed by atoms with van der Waals surface area (Å²) >= 11 is 3.59. The SMILES string of the molecule is Cc1c(N)cnc(NC2CCCC(C)C2C)c1Br. The van der Waals surface area contributed by atoms with Crippen molar-refractivity contribution >= 4 is 27.4 Å². The first-order chi connectivity index (χ1) is 8.50. The molecule has 1 aromatic heterocycles. The first kappa shape index (κ1) is 13.7. The quantitative estimate of drug-likeness (QED) is 0.869. The van der Waals surface area contributed by atoms with E-state index in [0.717, 1.165) is 27.5 Å². The van der Waals surface area contributed by atoms with Crippen molar-refractivity contribution in [2.45, 2.75) is 46.1 Å². The van der Waals surface area contributed by atoms with Crippen LogP contribution in [0.3, 0.4) is 0 Å². The first-order valence-corrected chi connectivity index (χ1v) is 7.47. The number of halogens is 1. The molecule has 1 aliphatic rings. The van der Waals surface area contributed by atoms with Crippen LogP contribution in [0.4, 0.5) is 11.5 Å². The molecule has 100 valence electrons. The molecule has 2 rings (SSSR count). The molecule has 0 aromatic carbocycles. The Hall–Kier alpha value is -0.770. The third-order valence-corrected chi connectivity index (χ3v) is 5.30. The summed E-state index contributed by atoms with van der Waals surface area (Å²) in [6.07, 6.45) is 5.60. The highest BCUT2D eigenvalue weighted by Crippen LogP contribution is 2.34. The maximum Gasteiger partial charge on any atom is 0.140 e. The molecule has 4 heteroatoms. The van der Waals surface area contributed by atoms with Gasteiger partial charge < -0.3 is 11.1 Å². The minimum Gasteiger partial charge on any atom is -0.397 e. The number of rotatable bonds is 2. The number of pyridine rings is 1. The van der Waals surface area contributed by atoms with Crippen molar-refractivity contribution in [2.75, 3.05) is 11.1 Å². The van der Waals surface area contributed by atoms with Gasteiger partial charge in [0.1, 0.15) is 5.82 Å². The van der Waals surface area contributed by atoms with Crippen LogP contribution in [0.2, 0.25) is 0 Å². The lowest BCUT2D eigenvalue weighted by Gasteiger charge is -2.35. The van der Waals surface area contributed by atoms with E-state index in [-0.39, 0.29) is 0 Å². The smallest absolute Gasteiger partial charge is 0.140 e. The van der Waals surface area contributed by atoms with Gasteiger partial charge in [0.15, 0.2) is 0 Å². The number of aromatic nitrogens is 1. The zero-order chi connectivity index (χ0) is 13.3. The van der Waals surface area contributed by atoms with Gasteiger partial charge in [0.05, 0.1) is 16.4 Å². The van der Waals surface area contributed by atoms with Gasteiger partial charge in [-0.2, -0.15) is 0 Å². The molecule has 0 aliphatic heterocycles. The van der Waals surface area contributed by atoms with Gasteiger partial charge in [0.2, 0.25) is 0 Å². The fourth-order valence-electron chi connectivity index (χ4n) is 2.65. The first-order valence-electron chi connectivity index (χ1n) is 6.67. The lowest BCUT2D eigenvalue weighted by Crippen LogP contribution is -2.35. The molecule has 1 heterocycles. The average Bonchev–Trinajstić information content (AvgIpc) is 2.35. The van der Waals surface area contributed by atoms with Crippen LogP contribution in [0.5, 0.6) is 0 Å². The van der Waals surface area contributed by atoms with Gasteiger partial charge in [0.25, 0.3) is 0 Å². The second-order valence-electron chi connectivity index (χ2n) is 5.52. The molecule has 0 saturated heterocycles. The highest BCUT2D eigenvalue weighted by atomic mass is 79.9. The molecule has 3 unspecified atom stereocenters. The predicted octanol–water partition coefficient (Wildman–Crippen LogP) is 3.97. The van der Waals surface area contributed by atoms with E-state index in [2.05, 4.69) is 40.1 Å². The van der Waals surface area contributed by atoms with Gasteiger partial charge in [0, 0.05) is 6.04 Å². The summed E-state index contributed by atoms with van der Waals surface area (Å²) in [7, 11) is 0. The molecule has 0 amide bonds. The van der Waals surface area contributed by atoms with Gasteiger partial charge in [-0.25, -0.2) is 4.98 Å². The van der Waals surface area contributed by atoms with Crippen molar-refractivity contribution in [2.24, 2.45) is 11.8 Å². The number of nitrogens with one attached hydrogen (secondary N) is 1. The van der Waals surface area contributed by atoms with Gasteiger partial charge in [-0.3, -0.25) is 0 Å². The normalized spacial score (nSPS) is 28.1. The molecular formula is C14H22BrN3.